The number of aryl methyl sites for hydroxylation is 2. The van der Waals surface area contributed by atoms with Crippen LogP contribution >= 0.6 is 11.8 Å². The highest BCUT2D eigenvalue weighted by atomic mass is 32.2. The SMILES string of the molecule is Cc1ccc(NC(=O)CSCC(=O)N(C)C)cc1C. The summed E-state index contributed by atoms with van der Waals surface area (Å²) < 4.78 is 0. The Morgan fingerprint density at radius 3 is 2.42 bits per heavy atom. The number of rotatable bonds is 5. The molecule has 0 fully saturated rings. The Balaban J connectivity index is 2.39. The van der Waals surface area contributed by atoms with Crippen molar-refractivity contribution in [3.8, 4) is 0 Å². The van der Waals surface area contributed by atoms with Crippen LogP contribution in [0.5, 0.6) is 0 Å². The minimum absolute atomic E-state index is 0.0176. The number of carbonyl (C=O) groups excluding carboxylic acids is 2. The summed E-state index contributed by atoms with van der Waals surface area (Å²) in [5.74, 6) is 0.545. The average molecular weight is 280 g/mol. The number of hydrogen-bond donors (Lipinski definition) is 1. The van der Waals surface area contributed by atoms with Crippen molar-refractivity contribution in [2.45, 2.75) is 13.8 Å². The maximum atomic E-state index is 11.7. The molecule has 0 atom stereocenters. The maximum absolute atomic E-state index is 11.7. The molecule has 0 bridgehead atoms. The van der Waals surface area contributed by atoms with Crippen molar-refractivity contribution in [1.82, 2.24) is 4.90 Å². The quantitative estimate of drug-likeness (QED) is 0.898. The van der Waals surface area contributed by atoms with Gasteiger partial charge in [0.05, 0.1) is 11.5 Å². The molecule has 0 spiro atoms. The van der Waals surface area contributed by atoms with E-state index in [1.807, 2.05) is 32.0 Å². The van der Waals surface area contributed by atoms with Gasteiger partial charge in [-0.1, -0.05) is 6.07 Å². The van der Waals surface area contributed by atoms with Crippen LogP contribution in [0.1, 0.15) is 11.1 Å². The van der Waals surface area contributed by atoms with Crippen molar-refractivity contribution in [2.24, 2.45) is 0 Å². The predicted octanol–water partition coefficient (Wildman–Crippen LogP) is 2.06. The van der Waals surface area contributed by atoms with E-state index in [0.29, 0.717) is 5.75 Å². The Morgan fingerprint density at radius 1 is 1.16 bits per heavy atom. The minimum atomic E-state index is -0.0835. The molecule has 1 aromatic rings. The molecule has 104 valence electrons. The van der Waals surface area contributed by atoms with Gasteiger partial charge in [-0.25, -0.2) is 0 Å². The van der Waals surface area contributed by atoms with Crippen molar-refractivity contribution in [3.63, 3.8) is 0 Å². The highest BCUT2D eigenvalue weighted by molar-refractivity contribution is 8.00. The van der Waals surface area contributed by atoms with E-state index < -0.39 is 0 Å². The van der Waals surface area contributed by atoms with Crippen molar-refractivity contribution in [3.05, 3.63) is 29.3 Å². The second-order valence-electron chi connectivity index (χ2n) is 4.63. The van der Waals surface area contributed by atoms with E-state index in [1.165, 1.54) is 22.2 Å². The molecular weight excluding hydrogens is 260 g/mol. The monoisotopic (exact) mass is 280 g/mol. The highest BCUT2D eigenvalue weighted by Gasteiger charge is 2.07. The number of anilines is 1. The molecule has 1 N–H and O–H groups in total. The Hall–Kier alpha value is -1.49. The van der Waals surface area contributed by atoms with E-state index >= 15 is 0 Å². The summed E-state index contributed by atoms with van der Waals surface area (Å²) in [6.45, 7) is 4.04. The largest absolute Gasteiger partial charge is 0.348 e. The van der Waals surface area contributed by atoms with E-state index in [2.05, 4.69) is 5.32 Å². The lowest BCUT2D eigenvalue weighted by atomic mass is 10.1. The van der Waals surface area contributed by atoms with Gasteiger partial charge in [0.25, 0.3) is 0 Å². The van der Waals surface area contributed by atoms with Crippen LogP contribution in [0.15, 0.2) is 18.2 Å². The van der Waals surface area contributed by atoms with Crippen molar-refractivity contribution in [2.75, 3.05) is 30.9 Å². The zero-order valence-electron chi connectivity index (χ0n) is 11.8. The molecule has 0 aliphatic carbocycles. The van der Waals surface area contributed by atoms with E-state index in [9.17, 15) is 9.59 Å². The Morgan fingerprint density at radius 2 is 1.84 bits per heavy atom. The van der Waals surface area contributed by atoms with Crippen LogP contribution in [0.4, 0.5) is 5.69 Å². The summed E-state index contributed by atoms with van der Waals surface area (Å²) in [6.07, 6.45) is 0. The molecule has 0 aromatic heterocycles. The Labute approximate surface area is 118 Å². The van der Waals surface area contributed by atoms with Gasteiger partial charge < -0.3 is 10.2 Å². The molecule has 0 aliphatic heterocycles. The molecule has 2 amide bonds. The zero-order chi connectivity index (χ0) is 14.4. The maximum Gasteiger partial charge on any atom is 0.234 e. The number of nitrogens with one attached hydrogen (secondary N) is 1. The molecule has 1 rings (SSSR count). The summed E-state index contributed by atoms with van der Waals surface area (Å²) >= 11 is 1.32. The summed E-state index contributed by atoms with van der Waals surface area (Å²) in [5.41, 5.74) is 3.14. The summed E-state index contributed by atoms with van der Waals surface area (Å²) in [4.78, 5) is 24.6. The van der Waals surface area contributed by atoms with Crippen molar-refractivity contribution >= 4 is 29.3 Å². The molecule has 1 aromatic carbocycles. The molecule has 4 nitrogen and oxygen atoms in total. The van der Waals surface area contributed by atoms with Gasteiger partial charge >= 0.3 is 0 Å². The zero-order valence-corrected chi connectivity index (χ0v) is 12.6. The van der Waals surface area contributed by atoms with Crippen LogP contribution in [-0.4, -0.2) is 42.3 Å². The lowest BCUT2D eigenvalue weighted by Gasteiger charge is -2.10. The first-order chi connectivity index (χ1) is 8.90. The van der Waals surface area contributed by atoms with Crippen LogP contribution < -0.4 is 5.32 Å². The number of thioether (sulfide) groups is 1. The van der Waals surface area contributed by atoms with Gasteiger partial charge in [0.15, 0.2) is 0 Å². The standard InChI is InChI=1S/C14H20N2O2S/c1-10-5-6-12(7-11(10)2)15-13(17)8-19-9-14(18)16(3)4/h5-7H,8-9H2,1-4H3,(H,15,17). The third-order valence-electron chi connectivity index (χ3n) is 2.75. The first-order valence-corrected chi connectivity index (χ1v) is 7.20. The van der Waals surface area contributed by atoms with E-state index in [1.54, 1.807) is 14.1 Å². The number of hydrogen-bond acceptors (Lipinski definition) is 3. The van der Waals surface area contributed by atoms with Crippen LogP contribution in [0, 0.1) is 13.8 Å². The number of nitrogens with zero attached hydrogens (tertiary/aromatic N) is 1. The third kappa shape index (κ3) is 5.34. The molecule has 0 heterocycles. The average Bonchev–Trinajstić information content (AvgIpc) is 2.33. The van der Waals surface area contributed by atoms with Gasteiger partial charge in [-0.2, -0.15) is 0 Å². The molecule has 5 heteroatoms. The highest BCUT2D eigenvalue weighted by Crippen LogP contribution is 2.14. The van der Waals surface area contributed by atoms with Crippen molar-refractivity contribution in [1.29, 1.82) is 0 Å². The van der Waals surface area contributed by atoms with Crippen LogP contribution in [0.2, 0.25) is 0 Å². The smallest absolute Gasteiger partial charge is 0.234 e. The topological polar surface area (TPSA) is 49.4 Å². The van der Waals surface area contributed by atoms with Crippen LogP contribution in [0.25, 0.3) is 0 Å². The van der Waals surface area contributed by atoms with E-state index in [-0.39, 0.29) is 17.6 Å². The van der Waals surface area contributed by atoms with Gasteiger partial charge in [0, 0.05) is 19.8 Å². The van der Waals surface area contributed by atoms with Crippen LogP contribution in [0.3, 0.4) is 0 Å². The molecule has 0 unspecified atom stereocenters. The van der Waals surface area contributed by atoms with Gasteiger partial charge in [-0.3, -0.25) is 9.59 Å². The number of benzene rings is 1. The Bertz CT molecular complexity index is 473. The first kappa shape index (κ1) is 15.6. The molecule has 0 saturated heterocycles. The number of carbonyl (C=O) groups is 2. The van der Waals surface area contributed by atoms with Crippen LogP contribution in [-0.2, 0) is 9.59 Å². The van der Waals surface area contributed by atoms with E-state index in [0.717, 1.165) is 11.3 Å². The molecular formula is C14H20N2O2S. The fourth-order valence-electron chi connectivity index (χ4n) is 1.38. The van der Waals surface area contributed by atoms with E-state index in [4.69, 9.17) is 0 Å². The first-order valence-electron chi connectivity index (χ1n) is 6.05. The second-order valence-corrected chi connectivity index (χ2v) is 5.61. The Kier molecular flexibility index (Phi) is 5.89. The van der Waals surface area contributed by atoms with Gasteiger partial charge in [0.2, 0.25) is 11.8 Å². The van der Waals surface area contributed by atoms with Gasteiger partial charge in [-0.05, 0) is 37.1 Å². The van der Waals surface area contributed by atoms with Crippen molar-refractivity contribution < 1.29 is 9.59 Å². The molecule has 19 heavy (non-hydrogen) atoms. The normalized spacial score (nSPS) is 10.1. The molecule has 0 aliphatic rings. The number of amides is 2. The fourth-order valence-corrected chi connectivity index (χ4v) is 2.17. The lowest BCUT2D eigenvalue weighted by Crippen LogP contribution is -2.24. The molecule has 0 saturated carbocycles. The second kappa shape index (κ2) is 7.19. The summed E-state index contributed by atoms with van der Waals surface area (Å²) in [6, 6.07) is 5.81. The third-order valence-corrected chi connectivity index (χ3v) is 3.67. The lowest BCUT2D eigenvalue weighted by molar-refractivity contribution is -0.125. The van der Waals surface area contributed by atoms with Gasteiger partial charge in [0.1, 0.15) is 0 Å². The summed E-state index contributed by atoms with van der Waals surface area (Å²) in [7, 11) is 3.41. The fraction of sp³-hybridized carbons (Fsp3) is 0.429. The minimum Gasteiger partial charge on any atom is -0.348 e. The molecule has 0 radical (unpaired) electrons. The predicted molar refractivity (Wildman–Crippen MR) is 80.6 cm³/mol. The van der Waals surface area contributed by atoms with Gasteiger partial charge in [-0.15, -0.1) is 11.8 Å². The summed E-state index contributed by atoms with van der Waals surface area (Å²) in [5, 5.41) is 2.83.